The van der Waals surface area contributed by atoms with Crippen molar-refractivity contribution < 1.29 is 8.96 Å². The Morgan fingerprint density at radius 3 is 1.36 bits per heavy atom. The summed E-state index contributed by atoms with van der Waals surface area (Å²) in [4.78, 5) is 0. The van der Waals surface area contributed by atoms with Crippen LogP contribution < -0.4 is 8.96 Å². The van der Waals surface area contributed by atoms with Gasteiger partial charge in [0.25, 0.3) is 0 Å². The number of pyridine rings is 2. The fraction of sp³-hybridized carbons (Fsp3) is 0.267. The summed E-state index contributed by atoms with van der Waals surface area (Å²) in [6.45, 7) is 0. The average molecular weight is 429 g/mol. The van der Waals surface area contributed by atoms with Crippen LogP contribution in [0.1, 0.15) is 38.5 Å². The monoisotopic (exact) mass is 429 g/mol. The van der Waals surface area contributed by atoms with Crippen LogP contribution in [-0.4, -0.2) is 6.42 Å². The van der Waals surface area contributed by atoms with Crippen LogP contribution in [0.5, 0.6) is 0 Å². The highest BCUT2D eigenvalue weighted by molar-refractivity contribution is 6.67. The minimum Gasteiger partial charge on any atom is -0.349 e. The molecule has 7 rings (SSSR count). The van der Waals surface area contributed by atoms with E-state index in [1.807, 2.05) is 0 Å². The maximum absolute atomic E-state index is 2.74. The highest BCUT2D eigenvalue weighted by atomic mass is 15.2. The number of nitrogens with zero attached hydrogens (tertiary/aromatic N) is 2. The Morgan fingerprint density at radius 1 is 0.515 bits per heavy atom. The van der Waals surface area contributed by atoms with Crippen LogP contribution in [0.2, 0.25) is 11.6 Å². The number of aromatic nitrogens is 2. The van der Waals surface area contributed by atoms with Crippen LogP contribution in [0.25, 0.3) is 33.6 Å². The molecular weight excluding hydrogens is 399 g/mol. The first-order chi connectivity index (χ1) is 16.4. The molecule has 162 valence electrons. The Kier molecular flexibility index (Phi) is 4.33. The van der Waals surface area contributed by atoms with Crippen LogP contribution in [0.3, 0.4) is 0 Å². The second kappa shape index (κ2) is 7.41. The molecular formula is C30H30BN2+. The standard InChI is InChI=1S/C30H30BN2/c1-3-9-23(10-4-1)25-17-19-32-29(21-25)30-22-26(24-11-5-2-6-12-24)18-20-33(30)31(32)27-13-7-14-28(31)16-8-15-27/h1-6,9-12,17-22,27-28H,7-8,13-16H2/q+1. The third-order valence-corrected chi connectivity index (χ3v) is 9.03. The van der Waals surface area contributed by atoms with Gasteiger partial charge in [-0.2, -0.15) is 0 Å². The van der Waals surface area contributed by atoms with E-state index in [1.165, 1.54) is 72.2 Å². The lowest BCUT2D eigenvalue weighted by Gasteiger charge is -2.45. The van der Waals surface area contributed by atoms with Gasteiger partial charge in [-0.15, -0.1) is 0 Å². The Hall–Kier alpha value is -3.20. The average Bonchev–Trinajstić information content (AvgIpc) is 3.14. The van der Waals surface area contributed by atoms with E-state index in [9.17, 15) is 0 Å². The van der Waals surface area contributed by atoms with Gasteiger partial charge in [0.1, 0.15) is 12.4 Å². The molecule has 2 nitrogen and oxygen atoms in total. The molecule has 3 aliphatic rings. The van der Waals surface area contributed by atoms with Gasteiger partial charge in [-0.3, -0.25) is 0 Å². The van der Waals surface area contributed by atoms with Crippen molar-refractivity contribution in [3.05, 3.63) is 97.3 Å². The van der Waals surface area contributed by atoms with Crippen molar-refractivity contribution in [3.8, 4) is 33.6 Å². The molecule has 0 amide bonds. The van der Waals surface area contributed by atoms with Gasteiger partial charge in [0, 0.05) is 24.3 Å². The van der Waals surface area contributed by atoms with Crippen molar-refractivity contribution in [2.24, 2.45) is 0 Å². The van der Waals surface area contributed by atoms with Gasteiger partial charge in [-0.25, -0.2) is 0 Å². The fourth-order valence-electron chi connectivity index (χ4n) is 7.76. The summed E-state index contributed by atoms with van der Waals surface area (Å²) in [6, 6.07) is 31.3. The second-order valence-electron chi connectivity index (χ2n) is 10.4. The van der Waals surface area contributed by atoms with Gasteiger partial charge >= 0.3 is 6.42 Å². The quantitative estimate of drug-likeness (QED) is 0.321. The second-order valence-corrected chi connectivity index (χ2v) is 10.4. The Balaban J connectivity index is 1.49. The number of fused-ring (bicyclic) bond motifs is 3. The van der Waals surface area contributed by atoms with Crippen LogP contribution in [0.4, 0.5) is 0 Å². The molecule has 2 bridgehead atoms. The molecule has 0 radical (unpaired) electrons. The summed E-state index contributed by atoms with van der Waals surface area (Å²) in [6.07, 6.45) is 12.3. The Labute approximate surface area is 196 Å². The zero-order valence-electron chi connectivity index (χ0n) is 19.1. The number of hydrogen-bond acceptors (Lipinski definition) is 0. The first kappa shape index (κ1) is 19.3. The van der Waals surface area contributed by atoms with E-state index >= 15 is 0 Å². The van der Waals surface area contributed by atoms with Gasteiger partial charge in [0.15, 0.2) is 0 Å². The molecule has 2 aromatic heterocycles. The van der Waals surface area contributed by atoms with E-state index in [0.29, 0.717) is 0 Å². The lowest BCUT2D eigenvalue weighted by molar-refractivity contribution is -0.653. The highest BCUT2D eigenvalue weighted by Gasteiger charge is 2.68. The molecule has 0 saturated carbocycles. The molecule has 1 spiro atoms. The Bertz CT molecular complexity index is 1220. The third kappa shape index (κ3) is 2.75. The molecule has 3 aliphatic heterocycles. The number of hydrogen-bond donors (Lipinski definition) is 0. The number of benzene rings is 2. The van der Waals surface area contributed by atoms with Crippen molar-refractivity contribution in [2.45, 2.75) is 50.2 Å². The van der Waals surface area contributed by atoms with E-state index in [2.05, 4.69) is 106 Å². The highest BCUT2D eigenvalue weighted by Crippen LogP contribution is 2.52. The summed E-state index contributed by atoms with van der Waals surface area (Å²) in [5.74, 6) is 1.55. The third-order valence-electron chi connectivity index (χ3n) is 9.03. The van der Waals surface area contributed by atoms with Crippen LogP contribution in [-0.2, 0) is 0 Å². The summed E-state index contributed by atoms with van der Waals surface area (Å²) in [5, 5.41) is 0. The van der Waals surface area contributed by atoms with Gasteiger partial charge in [0.2, 0.25) is 11.4 Å². The molecule has 3 heteroatoms. The molecule has 2 aromatic carbocycles. The zero-order valence-corrected chi connectivity index (χ0v) is 19.1. The molecule has 0 aliphatic carbocycles. The number of rotatable bonds is 2. The maximum atomic E-state index is 2.74. The SMILES string of the molecule is c1ccc(-c2cc[n+]3c(c2)-c2cc(-c4ccccc4)cc[n+]2[B-]32C3CCCC2CCC3)cc1. The van der Waals surface area contributed by atoms with E-state index in [1.54, 1.807) is 0 Å². The largest absolute Gasteiger partial charge is 0.553 e. The van der Waals surface area contributed by atoms with Crippen molar-refractivity contribution in [3.63, 3.8) is 0 Å². The van der Waals surface area contributed by atoms with Crippen LogP contribution in [0, 0.1) is 0 Å². The molecule has 2 saturated heterocycles. The van der Waals surface area contributed by atoms with E-state index < -0.39 is 6.42 Å². The lowest BCUT2D eigenvalue weighted by Crippen LogP contribution is -2.83. The predicted molar refractivity (Wildman–Crippen MR) is 135 cm³/mol. The molecule has 0 N–H and O–H groups in total. The minimum atomic E-state index is -0.831. The van der Waals surface area contributed by atoms with E-state index in [4.69, 9.17) is 0 Å². The van der Waals surface area contributed by atoms with Gasteiger partial charge < -0.3 is 8.96 Å². The predicted octanol–water partition coefficient (Wildman–Crippen LogP) is 6.52. The van der Waals surface area contributed by atoms with Crippen LogP contribution >= 0.6 is 0 Å². The van der Waals surface area contributed by atoms with Crippen molar-refractivity contribution >= 4 is 6.42 Å². The molecule has 0 unspecified atom stereocenters. The first-order valence-electron chi connectivity index (χ1n) is 12.7. The summed E-state index contributed by atoms with van der Waals surface area (Å²) < 4.78 is 5.48. The lowest BCUT2D eigenvalue weighted by atomic mass is 9.24. The smallest absolute Gasteiger partial charge is 0.349 e. The maximum Gasteiger partial charge on any atom is 0.553 e. The summed E-state index contributed by atoms with van der Waals surface area (Å²) in [5.41, 5.74) is 8.01. The van der Waals surface area contributed by atoms with E-state index in [0.717, 1.165) is 11.6 Å². The van der Waals surface area contributed by atoms with Crippen LogP contribution in [0.15, 0.2) is 97.3 Å². The molecule has 2 fully saturated rings. The minimum absolute atomic E-state index is 0.776. The summed E-state index contributed by atoms with van der Waals surface area (Å²) in [7, 11) is 0. The molecule has 33 heavy (non-hydrogen) atoms. The molecule has 4 aromatic rings. The zero-order chi connectivity index (χ0) is 21.8. The molecule has 0 atom stereocenters. The normalized spacial score (nSPS) is 22.1. The first-order valence-corrected chi connectivity index (χ1v) is 12.7. The van der Waals surface area contributed by atoms with Gasteiger partial charge in [-0.1, -0.05) is 99.2 Å². The Morgan fingerprint density at radius 2 is 0.939 bits per heavy atom. The van der Waals surface area contributed by atoms with Crippen molar-refractivity contribution in [1.29, 1.82) is 0 Å². The van der Waals surface area contributed by atoms with Gasteiger partial charge in [0.05, 0.1) is 0 Å². The topological polar surface area (TPSA) is 7.76 Å². The van der Waals surface area contributed by atoms with Gasteiger partial charge in [-0.05, 0) is 33.9 Å². The summed E-state index contributed by atoms with van der Waals surface area (Å²) >= 11 is 0. The van der Waals surface area contributed by atoms with Crippen molar-refractivity contribution in [1.82, 2.24) is 0 Å². The molecule has 5 heterocycles. The van der Waals surface area contributed by atoms with E-state index in [-0.39, 0.29) is 0 Å². The fourth-order valence-corrected chi connectivity index (χ4v) is 7.76. The van der Waals surface area contributed by atoms with Crippen molar-refractivity contribution in [2.75, 3.05) is 0 Å².